The Kier molecular flexibility index (Phi) is 3.96. The summed E-state index contributed by atoms with van der Waals surface area (Å²) in [5, 5.41) is 4.17. The molecular formula is C15H21ClN4. The summed E-state index contributed by atoms with van der Waals surface area (Å²) in [6, 6.07) is 6.28. The molecule has 1 atom stereocenters. The molecule has 2 heterocycles. The first kappa shape index (κ1) is 13.9. The minimum Gasteiger partial charge on any atom is -0.327 e. The van der Waals surface area contributed by atoms with Gasteiger partial charge in [0.25, 0.3) is 0 Å². The van der Waals surface area contributed by atoms with E-state index in [4.69, 9.17) is 16.6 Å². The number of fused-ring (bicyclic) bond motifs is 1. The molecular weight excluding hydrogens is 272 g/mol. The molecule has 1 aliphatic heterocycles. The van der Waals surface area contributed by atoms with Gasteiger partial charge in [0, 0.05) is 37.7 Å². The molecule has 2 aromatic rings. The molecule has 1 fully saturated rings. The van der Waals surface area contributed by atoms with E-state index in [2.05, 4.69) is 28.6 Å². The molecule has 1 unspecified atom stereocenters. The smallest absolute Gasteiger partial charge is 0.127 e. The van der Waals surface area contributed by atoms with Crippen LogP contribution in [0, 0.1) is 0 Å². The Morgan fingerprint density at radius 1 is 1.35 bits per heavy atom. The van der Waals surface area contributed by atoms with Crippen LogP contribution in [-0.4, -0.2) is 40.6 Å². The van der Waals surface area contributed by atoms with Crippen LogP contribution in [0.1, 0.15) is 25.7 Å². The maximum atomic E-state index is 6.13. The summed E-state index contributed by atoms with van der Waals surface area (Å²) in [5.41, 5.74) is 2.17. The Morgan fingerprint density at radius 2 is 2.10 bits per heavy atom. The highest BCUT2D eigenvalue weighted by Gasteiger charge is 2.23. The van der Waals surface area contributed by atoms with Crippen molar-refractivity contribution in [1.82, 2.24) is 19.8 Å². The average molecular weight is 293 g/mol. The minimum absolute atomic E-state index is 0.336. The lowest BCUT2D eigenvalue weighted by molar-refractivity contribution is 0.176. The monoisotopic (exact) mass is 292 g/mol. The second-order valence-electron chi connectivity index (χ2n) is 5.31. The molecule has 1 N–H and O–H groups in total. The molecule has 0 saturated carbocycles. The molecule has 108 valence electrons. The molecule has 20 heavy (non-hydrogen) atoms. The van der Waals surface area contributed by atoms with E-state index in [-0.39, 0.29) is 0 Å². The van der Waals surface area contributed by atoms with Gasteiger partial charge in [0.15, 0.2) is 0 Å². The Bertz CT molecular complexity index is 601. The topological polar surface area (TPSA) is 33.1 Å². The number of rotatable bonds is 3. The summed E-state index contributed by atoms with van der Waals surface area (Å²) in [6.45, 7) is 9.60. The number of halogens is 1. The van der Waals surface area contributed by atoms with Crippen molar-refractivity contribution in [2.75, 3.05) is 26.2 Å². The highest BCUT2D eigenvalue weighted by atomic mass is 35.5. The third-order valence-corrected chi connectivity index (χ3v) is 4.36. The Morgan fingerprint density at radius 3 is 2.80 bits per heavy atom. The Balaban J connectivity index is 2.01. The zero-order chi connectivity index (χ0) is 14.1. The van der Waals surface area contributed by atoms with Gasteiger partial charge in [0.2, 0.25) is 0 Å². The first-order chi connectivity index (χ1) is 9.70. The highest BCUT2D eigenvalue weighted by Crippen LogP contribution is 2.26. The number of aryl methyl sites for hydroxylation is 1. The van der Waals surface area contributed by atoms with Crippen LogP contribution in [0.25, 0.3) is 11.0 Å². The zero-order valence-electron chi connectivity index (χ0n) is 12.1. The van der Waals surface area contributed by atoms with E-state index in [0.717, 1.165) is 54.6 Å². The Labute approximate surface area is 124 Å². The number of benzene rings is 1. The number of piperazine rings is 1. The van der Waals surface area contributed by atoms with Crippen molar-refractivity contribution in [2.24, 2.45) is 0 Å². The highest BCUT2D eigenvalue weighted by molar-refractivity contribution is 6.31. The van der Waals surface area contributed by atoms with Gasteiger partial charge in [-0.2, -0.15) is 0 Å². The van der Waals surface area contributed by atoms with Crippen molar-refractivity contribution in [2.45, 2.75) is 26.4 Å². The summed E-state index contributed by atoms with van der Waals surface area (Å²) in [6.07, 6.45) is 0. The summed E-state index contributed by atoms with van der Waals surface area (Å²) < 4.78 is 2.29. The van der Waals surface area contributed by atoms with Gasteiger partial charge in [-0.15, -0.1) is 0 Å². The van der Waals surface area contributed by atoms with Crippen LogP contribution in [0.5, 0.6) is 0 Å². The van der Waals surface area contributed by atoms with E-state index >= 15 is 0 Å². The predicted molar refractivity (Wildman–Crippen MR) is 83.3 cm³/mol. The number of nitrogens with zero attached hydrogens (tertiary/aromatic N) is 3. The third-order valence-electron chi connectivity index (χ3n) is 4.13. The van der Waals surface area contributed by atoms with E-state index in [0.29, 0.717) is 6.04 Å². The van der Waals surface area contributed by atoms with Gasteiger partial charge < -0.3 is 9.88 Å². The minimum atomic E-state index is 0.336. The fourth-order valence-corrected chi connectivity index (χ4v) is 3.16. The van der Waals surface area contributed by atoms with Crippen molar-refractivity contribution in [3.05, 3.63) is 29.0 Å². The van der Waals surface area contributed by atoms with Crippen molar-refractivity contribution < 1.29 is 0 Å². The quantitative estimate of drug-likeness (QED) is 0.944. The molecule has 0 spiro atoms. The molecule has 0 bridgehead atoms. The molecule has 3 rings (SSSR count). The first-order valence-electron chi connectivity index (χ1n) is 7.31. The second kappa shape index (κ2) is 5.72. The van der Waals surface area contributed by atoms with Crippen LogP contribution in [0.2, 0.25) is 5.02 Å². The van der Waals surface area contributed by atoms with Crippen molar-refractivity contribution >= 4 is 22.6 Å². The molecule has 0 amide bonds. The normalized spacial score (nSPS) is 18.6. The number of hydrogen-bond donors (Lipinski definition) is 1. The molecule has 1 aliphatic rings. The van der Waals surface area contributed by atoms with Gasteiger partial charge >= 0.3 is 0 Å². The van der Waals surface area contributed by atoms with Crippen LogP contribution in [0.15, 0.2) is 18.2 Å². The van der Waals surface area contributed by atoms with E-state index in [1.807, 2.05) is 18.2 Å². The predicted octanol–water partition coefficient (Wildman–Crippen LogP) is 2.68. The number of nitrogens with one attached hydrogen (secondary N) is 1. The summed E-state index contributed by atoms with van der Waals surface area (Å²) >= 11 is 6.13. The lowest BCUT2D eigenvalue weighted by atomic mass is 10.2. The summed E-state index contributed by atoms with van der Waals surface area (Å²) in [4.78, 5) is 7.33. The third kappa shape index (κ3) is 2.43. The molecule has 4 nitrogen and oxygen atoms in total. The van der Waals surface area contributed by atoms with Crippen molar-refractivity contribution in [3.8, 4) is 0 Å². The largest absolute Gasteiger partial charge is 0.327 e. The van der Waals surface area contributed by atoms with Crippen LogP contribution in [0.3, 0.4) is 0 Å². The lowest BCUT2D eigenvalue weighted by Gasteiger charge is -2.32. The van der Waals surface area contributed by atoms with E-state index in [1.165, 1.54) is 0 Å². The molecule has 1 aromatic carbocycles. The summed E-state index contributed by atoms with van der Waals surface area (Å²) in [7, 11) is 0. The van der Waals surface area contributed by atoms with Gasteiger partial charge in [-0.3, -0.25) is 4.90 Å². The first-order valence-corrected chi connectivity index (χ1v) is 7.69. The average Bonchev–Trinajstić information content (AvgIpc) is 2.85. The standard InChI is InChI=1S/C15H21ClN4/c1-3-20-14-10-12(16)4-5-13(14)18-15(20)11(2)19-8-6-17-7-9-19/h4-5,10-11,17H,3,6-9H2,1-2H3. The van der Waals surface area contributed by atoms with E-state index < -0.39 is 0 Å². The molecule has 0 radical (unpaired) electrons. The maximum absolute atomic E-state index is 6.13. The molecule has 5 heteroatoms. The van der Waals surface area contributed by atoms with Gasteiger partial charge in [-0.25, -0.2) is 4.98 Å². The van der Waals surface area contributed by atoms with E-state index in [1.54, 1.807) is 0 Å². The molecule has 1 aromatic heterocycles. The summed E-state index contributed by atoms with van der Waals surface area (Å²) in [5.74, 6) is 1.15. The van der Waals surface area contributed by atoms with Gasteiger partial charge in [-0.1, -0.05) is 11.6 Å². The SMILES string of the molecule is CCn1c(C(C)N2CCNCC2)nc2ccc(Cl)cc21. The maximum Gasteiger partial charge on any atom is 0.127 e. The van der Waals surface area contributed by atoms with Gasteiger partial charge in [0.05, 0.1) is 17.1 Å². The molecule has 1 saturated heterocycles. The lowest BCUT2D eigenvalue weighted by Crippen LogP contribution is -2.45. The van der Waals surface area contributed by atoms with E-state index in [9.17, 15) is 0 Å². The number of aromatic nitrogens is 2. The second-order valence-corrected chi connectivity index (χ2v) is 5.75. The fourth-order valence-electron chi connectivity index (χ4n) is 3.00. The van der Waals surface area contributed by atoms with Gasteiger partial charge in [-0.05, 0) is 32.0 Å². The van der Waals surface area contributed by atoms with Crippen LogP contribution in [0.4, 0.5) is 0 Å². The fraction of sp³-hybridized carbons (Fsp3) is 0.533. The van der Waals surface area contributed by atoms with Crippen LogP contribution < -0.4 is 5.32 Å². The van der Waals surface area contributed by atoms with Crippen LogP contribution >= 0.6 is 11.6 Å². The number of imidazole rings is 1. The van der Waals surface area contributed by atoms with Crippen molar-refractivity contribution in [1.29, 1.82) is 0 Å². The van der Waals surface area contributed by atoms with Crippen LogP contribution in [-0.2, 0) is 6.54 Å². The van der Waals surface area contributed by atoms with Gasteiger partial charge in [0.1, 0.15) is 5.82 Å². The molecule has 0 aliphatic carbocycles. The number of hydrogen-bond acceptors (Lipinski definition) is 3. The Hall–Kier alpha value is -1.10. The zero-order valence-corrected chi connectivity index (χ0v) is 12.8. The van der Waals surface area contributed by atoms with Crippen molar-refractivity contribution in [3.63, 3.8) is 0 Å².